The van der Waals surface area contributed by atoms with Crippen molar-refractivity contribution in [3.05, 3.63) is 83.5 Å². The molecular weight excluding hydrogens is 433 g/mol. The predicted molar refractivity (Wildman–Crippen MR) is 122 cm³/mol. The number of nitrogens with zero attached hydrogens (tertiary/aromatic N) is 2. The first-order chi connectivity index (χ1) is 15.6. The lowest BCUT2D eigenvalue weighted by Crippen LogP contribution is -2.50. The van der Waals surface area contributed by atoms with E-state index in [0.29, 0.717) is 17.3 Å². The summed E-state index contributed by atoms with van der Waals surface area (Å²) in [6.45, 7) is 3.52. The topological polar surface area (TPSA) is 58.0 Å². The Hall–Kier alpha value is -3.03. The SMILES string of the molecule is O=C(COc1ccc(Cl)cc1)NC[C@@H](c1ccco1)N1CCN(c2ccc(F)cc2)CC1. The average molecular weight is 458 g/mol. The quantitative estimate of drug-likeness (QED) is 0.551. The van der Waals surface area contributed by atoms with Crippen molar-refractivity contribution in [2.75, 3.05) is 44.2 Å². The minimum Gasteiger partial charge on any atom is -0.484 e. The normalized spacial score (nSPS) is 15.4. The van der Waals surface area contributed by atoms with E-state index in [0.717, 1.165) is 37.6 Å². The van der Waals surface area contributed by atoms with Gasteiger partial charge in [0.25, 0.3) is 5.91 Å². The number of benzene rings is 2. The number of furan rings is 1. The van der Waals surface area contributed by atoms with Gasteiger partial charge in [-0.05, 0) is 60.7 Å². The number of hydrogen-bond donors (Lipinski definition) is 1. The molecule has 1 atom stereocenters. The molecule has 0 saturated carbocycles. The van der Waals surface area contributed by atoms with Crippen LogP contribution >= 0.6 is 11.6 Å². The molecule has 1 aliphatic rings. The summed E-state index contributed by atoms with van der Waals surface area (Å²) >= 11 is 5.87. The molecule has 168 valence electrons. The van der Waals surface area contributed by atoms with Crippen molar-refractivity contribution >= 4 is 23.2 Å². The summed E-state index contributed by atoms with van der Waals surface area (Å²) in [6, 6.07) is 17.1. The maximum absolute atomic E-state index is 13.2. The number of carbonyl (C=O) groups excluding carboxylic acids is 1. The predicted octanol–water partition coefficient (Wildman–Crippen LogP) is 4.13. The maximum atomic E-state index is 13.2. The maximum Gasteiger partial charge on any atom is 0.258 e. The Balaban J connectivity index is 1.31. The van der Waals surface area contributed by atoms with Gasteiger partial charge >= 0.3 is 0 Å². The lowest BCUT2D eigenvalue weighted by atomic mass is 10.1. The molecule has 1 fully saturated rings. The van der Waals surface area contributed by atoms with E-state index in [1.165, 1.54) is 12.1 Å². The molecule has 0 aliphatic carbocycles. The van der Waals surface area contributed by atoms with Crippen LogP contribution in [0.5, 0.6) is 5.75 Å². The number of nitrogens with one attached hydrogen (secondary N) is 1. The average Bonchev–Trinajstić information content (AvgIpc) is 3.34. The number of piperazine rings is 1. The third-order valence-electron chi connectivity index (χ3n) is 5.49. The zero-order valence-corrected chi connectivity index (χ0v) is 18.3. The summed E-state index contributed by atoms with van der Waals surface area (Å²) in [7, 11) is 0. The Morgan fingerprint density at radius 1 is 1.06 bits per heavy atom. The van der Waals surface area contributed by atoms with Gasteiger partial charge in [0, 0.05) is 43.4 Å². The number of amides is 1. The fourth-order valence-corrected chi connectivity index (χ4v) is 3.90. The number of carbonyl (C=O) groups is 1. The fourth-order valence-electron chi connectivity index (χ4n) is 3.78. The molecule has 1 amide bonds. The van der Waals surface area contributed by atoms with Crippen LogP contribution in [-0.4, -0.2) is 50.1 Å². The van der Waals surface area contributed by atoms with Crippen molar-refractivity contribution in [3.63, 3.8) is 0 Å². The standard InChI is InChI=1S/C24H25ClFN3O3/c25-18-3-9-21(10-4-18)32-17-24(30)27-16-22(23-2-1-15-31-23)29-13-11-28(12-14-29)20-7-5-19(26)6-8-20/h1-10,15,22H,11-14,16-17H2,(H,27,30)/t22-/m0/s1. The minimum absolute atomic E-state index is 0.0785. The first-order valence-electron chi connectivity index (χ1n) is 10.5. The van der Waals surface area contributed by atoms with E-state index < -0.39 is 0 Å². The smallest absolute Gasteiger partial charge is 0.258 e. The Bertz CT molecular complexity index is 988. The van der Waals surface area contributed by atoms with Crippen LogP contribution in [0.2, 0.25) is 5.02 Å². The molecule has 0 spiro atoms. The third kappa shape index (κ3) is 5.81. The fraction of sp³-hybridized carbons (Fsp3) is 0.292. The van der Waals surface area contributed by atoms with Crippen LogP contribution in [0.4, 0.5) is 10.1 Å². The van der Waals surface area contributed by atoms with E-state index in [1.807, 2.05) is 12.1 Å². The summed E-state index contributed by atoms with van der Waals surface area (Å²) in [4.78, 5) is 16.9. The molecule has 3 aromatic rings. The van der Waals surface area contributed by atoms with Crippen LogP contribution in [0.1, 0.15) is 11.8 Å². The molecule has 32 heavy (non-hydrogen) atoms. The summed E-state index contributed by atoms with van der Waals surface area (Å²) in [6.07, 6.45) is 1.64. The lowest BCUT2D eigenvalue weighted by molar-refractivity contribution is -0.123. The molecule has 0 radical (unpaired) electrons. The zero-order valence-electron chi connectivity index (χ0n) is 17.5. The Kier molecular flexibility index (Phi) is 7.29. The van der Waals surface area contributed by atoms with Crippen LogP contribution in [0.25, 0.3) is 0 Å². The molecular formula is C24H25ClFN3O3. The van der Waals surface area contributed by atoms with Crippen molar-refractivity contribution < 1.29 is 18.3 Å². The number of ether oxygens (including phenoxy) is 1. The number of hydrogen-bond acceptors (Lipinski definition) is 5. The number of rotatable bonds is 8. The second-order valence-electron chi connectivity index (χ2n) is 7.58. The highest BCUT2D eigenvalue weighted by Gasteiger charge is 2.27. The van der Waals surface area contributed by atoms with Crippen LogP contribution < -0.4 is 15.0 Å². The Morgan fingerprint density at radius 2 is 1.78 bits per heavy atom. The van der Waals surface area contributed by atoms with Gasteiger partial charge in [-0.15, -0.1) is 0 Å². The van der Waals surface area contributed by atoms with Crippen LogP contribution in [0, 0.1) is 5.82 Å². The van der Waals surface area contributed by atoms with Gasteiger partial charge in [-0.3, -0.25) is 9.69 Å². The van der Waals surface area contributed by atoms with Crippen molar-refractivity contribution in [1.29, 1.82) is 0 Å². The van der Waals surface area contributed by atoms with Crippen molar-refractivity contribution in [1.82, 2.24) is 10.2 Å². The third-order valence-corrected chi connectivity index (χ3v) is 5.75. The molecule has 1 aliphatic heterocycles. The minimum atomic E-state index is -0.235. The lowest BCUT2D eigenvalue weighted by Gasteiger charge is -2.39. The van der Waals surface area contributed by atoms with Gasteiger partial charge in [-0.1, -0.05) is 11.6 Å². The number of halogens is 2. The van der Waals surface area contributed by atoms with E-state index in [2.05, 4.69) is 15.1 Å². The molecule has 1 saturated heterocycles. The van der Waals surface area contributed by atoms with Crippen LogP contribution in [0.3, 0.4) is 0 Å². The van der Waals surface area contributed by atoms with Crippen LogP contribution in [-0.2, 0) is 4.79 Å². The second kappa shape index (κ2) is 10.5. The van der Waals surface area contributed by atoms with E-state index >= 15 is 0 Å². The molecule has 1 aromatic heterocycles. The van der Waals surface area contributed by atoms with Crippen molar-refractivity contribution in [3.8, 4) is 5.75 Å². The highest BCUT2D eigenvalue weighted by atomic mass is 35.5. The van der Waals surface area contributed by atoms with Crippen LogP contribution in [0.15, 0.2) is 71.3 Å². The van der Waals surface area contributed by atoms with Gasteiger partial charge in [0.1, 0.15) is 17.3 Å². The highest BCUT2D eigenvalue weighted by molar-refractivity contribution is 6.30. The van der Waals surface area contributed by atoms with Gasteiger partial charge in [0.2, 0.25) is 0 Å². The van der Waals surface area contributed by atoms with Crippen molar-refractivity contribution in [2.45, 2.75) is 6.04 Å². The summed E-state index contributed by atoms with van der Waals surface area (Å²) in [5, 5.41) is 3.57. The van der Waals surface area contributed by atoms with E-state index in [1.54, 1.807) is 42.7 Å². The highest BCUT2D eigenvalue weighted by Crippen LogP contribution is 2.24. The molecule has 2 heterocycles. The monoisotopic (exact) mass is 457 g/mol. The van der Waals surface area contributed by atoms with E-state index in [-0.39, 0.29) is 24.4 Å². The second-order valence-corrected chi connectivity index (χ2v) is 8.01. The first-order valence-corrected chi connectivity index (χ1v) is 10.9. The Labute approximate surface area is 191 Å². The Morgan fingerprint density at radius 3 is 2.44 bits per heavy atom. The van der Waals surface area contributed by atoms with E-state index in [9.17, 15) is 9.18 Å². The molecule has 6 nitrogen and oxygen atoms in total. The molecule has 1 N–H and O–H groups in total. The summed E-state index contributed by atoms with van der Waals surface area (Å²) < 4.78 is 24.4. The first kappa shape index (κ1) is 22.2. The van der Waals surface area contributed by atoms with Crippen molar-refractivity contribution in [2.24, 2.45) is 0 Å². The molecule has 4 rings (SSSR count). The molecule has 0 bridgehead atoms. The molecule has 8 heteroatoms. The summed E-state index contributed by atoms with van der Waals surface area (Å²) in [5.41, 5.74) is 1.01. The molecule has 0 unspecified atom stereocenters. The van der Waals surface area contributed by atoms with Gasteiger partial charge in [0.15, 0.2) is 6.61 Å². The summed E-state index contributed by atoms with van der Waals surface area (Å²) in [5.74, 6) is 0.950. The van der Waals surface area contributed by atoms with E-state index in [4.69, 9.17) is 20.8 Å². The molecule has 2 aromatic carbocycles. The van der Waals surface area contributed by atoms with Gasteiger partial charge in [-0.2, -0.15) is 0 Å². The zero-order chi connectivity index (χ0) is 22.3. The van der Waals surface area contributed by atoms with Gasteiger partial charge in [0.05, 0.1) is 12.3 Å². The largest absolute Gasteiger partial charge is 0.484 e. The van der Waals surface area contributed by atoms with Gasteiger partial charge in [-0.25, -0.2) is 4.39 Å². The van der Waals surface area contributed by atoms with Gasteiger partial charge < -0.3 is 19.4 Å². The number of anilines is 1.